The molecule has 5 heteroatoms. The van der Waals surface area contributed by atoms with Gasteiger partial charge in [0.25, 0.3) is 0 Å². The van der Waals surface area contributed by atoms with Crippen molar-refractivity contribution in [3.05, 3.63) is 417 Å². The number of hydrogen-bond donors (Lipinski definition) is 1. The molecule has 0 fully saturated rings. The normalized spacial score (nSPS) is 11.3. The van der Waals surface area contributed by atoms with Gasteiger partial charge >= 0.3 is 0 Å². The molecule has 20 aromatic rings. The number of nitrogens with zero attached hydrogens (tertiary/aromatic N) is 3. The molecule has 2 heterocycles. The molecular weight excluding hydrogens is 1340 g/mol. The predicted octanol–water partition coefficient (Wildman–Crippen LogP) is 28.5. The molecule has 105 heavy (non-hydrogen) atoms. The average molecular weight is 1410 g/mol. The summed E-state index contributed by atoms with van der Waals surface area (Å²) in [5, 5.41) is 18.5. The van der Waals surface area contributed by atoms with E-state index in [1.54, 1.807) is 0 Å². The molecular formula is C100H69BrN4. The van der Waals surface area contributed by atoms with Gasteiger partial charge in [0.15, 0.2) is 0 Å². The smallest absolute Gasteiger partial charge is 0.0546 e. The summed E-state index contributed by atoms with van der Waals surface area (Å²) in [4.78, 5) is 2.45. The minimum Gasteiger partial charge on any atom is -0.356 e. The Balaban J connectivity index is 0.000000124. The first-order chi connectivity index (χ1) is 52.1. The van der Waals surface area contributed by atoms with Crippen LogP contribution >= 0.6 is 15.9 Å². The number of hydrogen-bond acceptors (Lipinski definition) is 2. The highest BCUT2D eigenvalue weighted by atomic mass is 79.9. The fourth-order valence-corrected chi connectivity index (χ4v) is 16.3. The van der Waals surface area contributed by atoms with Crippen LogP contribution in [0.15, 0.2) is 417 Å². The molecule has 0 bridgehead atoms. The van der Waals surface area contributed by atoms with Crippen LogP contribution in [-0.4, -0.2) is 9.13 Å². The van der Waals surface area contributed by atoms with Crippen LogP contribution in [0.4, 0.5) is 28.4 Å². The van der Waals surface area contributed by atoms with Gasteiger partial charge in [-0.25, -0.2) is 0 Å². The van der Waals surface area contributed by atoms with E-state index in [2.05, 4.69) is 430 Å². The maximum absolute atomic E-state index is 3.84. The Morgan fingerprint density at radius 1 is 0.219 bits per heavy atom. The van der Waals surface area contributed by atoms with Gasteiger partial charge < -0.3 is 19.4 Å². The maximum atomic E-state index is 3.84. The summed E-state index contributed by atoms with van der Waals surface area (Å²) in [5.41, 5.74) is 22.7. The Bertz CT molecular complexity index is 6520. The Morgan fingerprint density at radius 2 is 0.562 bits per heavy atom. The highest BCUT2D eigenvalue weighted by Crippen LogP contribution is 2.51. The molecule has 0 saturated heterocycles. The molecule has 0 saturated carbocycles. The minimum atomic E-state index is 1.10. The summed E-state index contributed by atoms with van der Waals surface area (Å²) in [7, 11) is 0. The van der Waals surface area contributed by atoms with Crippen molar-refractivity contribution in [2.75, 3.05) is 10.2 Å². The molecule has 20 rings (SSSR count). The summed E-state index contributed by atoms with van der Waals surface area (Å²) in [6.45, 7) is 0. The first-order valence-corrected chi connectivity index (χ1v) is 36.6. The van der Waals surface area contributed by atoms with Crippen LogP contribution in [0.2, 0.25) is 0 Å². The Labute approximate surface area is 619 Å². The Morgan fingerprint density at radius 3 is 1.05 bits per heavy atom. The summed E-state index contributed by atoms with van der Waals surface area (Å²) >= 11 is 3.84. The predicted molar refractivity (Wildman–Crippen MR) is 452 cm³/mol. The quantitative estimate of drug-likeness (QED) is 0.131. The van der Waals surface area contributed by atoms with Crippen molar-refractivity contribution in [2.24, 2.45) is 0 Å². The van der Waals surface area contributed by atoms with E-state index < -0.39 is 0 Å². The van der Waals surface area contributed by atoms with Crippen molar-refractivity contribution < 1.29 is 0 Å². The van der Waals surface area contributed by atoms with Crippen molar-refractivity contribution in [1.29, 1.82) is 0 Å². The lowest BCUT2D eigenvalue weighted by molar-refractivity contribution is 1.18. The van der Waals surface area contributed by atoms with Gasteiger partial charge in [-0.15, -0.1) is 0 Å². The average Bonchev–Trinajstić information content (AvgIpc) is 1.57. The number of anilines is 5. The van der Waals surface area contributed by atoms with Gasteiger partial charge in [0.05, 0.1) is 27.8 Å². The van der Waals surface area contributed by atoms with E-state index >= 15 is 0 Å². The first kappa shape index (κ1) is 63.8. The van der Waals surface area contributed by atoms with Gasteiger partial charge in [-0.2, -0.15) is 0 Å². The second kappa shape index (κ2) is 28.2. The molecule has 2 aromatic heterocycles. The summed E-state index contributed by atoms with van der Waals surface area (Å²) in [6, 6.07) is 147. The largest absolute Gasteiger partial charge is 0.356 e. The van der Waals surface area contributed by atoms with Gasteiger partial charge in [-0.3, -0.25) is 0 Å². The van der Waals surface area contributed by atoms with Crippen molar-refractivity contribution in [1.82, 2.24) is 9.13 Å². The number of aromatic nitrogens is 2. The third kappa shape index (κ3) is 11.9. The Kier molecular flexibility index (Phi) is 17.2. The van der Waals surface area contributed by atoms with E-state index in [1.807, 2.05) is 18.2 Å². The van der Waals surface area contributed by atoms with Gasteiger partial charge in [0.2, 0.25) is 0 Å². The summed E-state index contributed by atoms with van der Waals surface area (Å²) < 4.78 is 5.84. The third-order valence-corrected chi connectivity index (χ3v) is 20.9. The van der Waals surface area contributed by atoms with Crippen LogP contribution < -0.4 is 10.2 Å². The van der Waals surface area contributed by atoms with E-state index in [1.165, 1.54) is 137 Å². The molecule has 0 aliphatic rings. The van der Waals surface area contributed by atoms with Crippen molar-refractivity contribution in [2.45, 2.75) is 0 Å². The van der Waals surface area contributed by atoms with Crippen LogP contribution in [0.25, 0.3) is 143 Å². The second-order valence-electron chi connectivity index (χ2n) is 26.4. The van der Waals surface area contributed by atoms with Crippen LogP contribution in [-0.2, 0) is 0 Å². The number of benzene rings is 18. The van der Waals surface area contributed by atoms with Crippen molar-refractivity contribution in [3.63, 3.8) is 0 Å². The van der Waals surface area contributed by atoms with E-state index in [4.69, 9.17) is 0 Å². The highest BCUT2D eigenvalue weighted by Gasteiger charge is 2.25. The summed E-state index contributed by atoms with van der Waals surface area (Å²) in [5.74, 6) is 0. The number of para-hydroxylation sites is 6. The van der Waals surface area contributed by atoms with Gasteiger partial charge in [0, 0.05) is 70.9 Å². The lowest BCUT2D eigenvalue weighted by Crippen LogP contribution is -2.11. The molecule has 0 aliphatic carbocycles. The molecule has 496 valence electrons. The monoisotopic (exact) mass is 1400 g/mol. The first-order valence-electron chi connectivity index (χ1n) is 35.8. The SMILES string of the molecule is Brc1cccc2c(-c3ccccc3)c3ccccc3c(-c3ccccc3)c12.c1ccc(-c2c3ccccc3c(-c3ccccc3)c3c(N(c4ccccc4)c4ccc5c(c4)c4ccccc4n5-c4ccccc4)cccc23)cc1.c1ccc(Nc2ccc3c(c2)c2ccccc2n3-c2ccccc2)cc1. The molecule has 0 radical (unpaired) electrons. The van der Waals surface area contributed by atoms with E-state index in [0.717, 1.165) is 38.6 Å². The fourth-order valence-electron chi connectivity index (χ4n) is 15.8. The van der Waals surface area contributed by atoms with Crippen LogP contribution in [0.1, 0.15) is 0 Å². The molecule has 1 N–H and O–H groups in total. The topological polar surface area (TPSA) is 25.1 Å². The van der Waals surface area contributed by atoms with Gasteiger partial charge in [-0.05, 0) is 186 Å². The lowest BCUT2D eigenvalue weighted by atomic mass is 9.85. The molecule has 0 spiro atoms. The molecule has 0 atom stereocenters. The standard InChI is InChI=1S/C50H34N2.C26H17Br.C24H18N2/c1-5-18-35(19-6-1)48-41-27-13-14-28-42(41)49(36-20-7-2-8-21-36)50-43(48)29-17-31-47(50)51(37-22-9-3-10-23-37)39-32-33-46-44(34-39)40-26-15-16-30-45(40)52(46)38-24-11-4-12-25-38;27-23-17-9-16-22-24(18-10-3-1-4-11-18)20-14-7-8-15-21(20)25(26(22)23)19-12-5-2-6-13-19;1-3-9-18(10-4-1)25-19-15-16-24-22(17-19)21-13-7-8-14-23(21)26(24)20-11-5-2-6-12-20/h1-34H;1-17H;1-17,25H. The van der Waals surface area contributed by atoms with E-state index in [9.17, 15) is 0 Å². The van der Waals surface area contributed by atoms with E-state index in [-0.39, 0.29) is 0 Å². The second-order valence-corrected chi connectivity index (χ2v) is 27.2. The number of nitrogens with one attached hydrogen (secondary N) is 1. The molecule has 18 aromatic carbocycles. The van der Waals surface area contributed by atoms with Gasteiger partial charge in [-0.1, -0.05) is 319 Å². The third-order valence-electron chi connectivity index (χ3n) is 20.2. The molecule has 0 unspecified atom stereocenters. The number of halogens is 1. The highest BCUT2D eigenvalue weighted by molar-refractivity contribution is 9.10. The summed E-state index contributed by atoms with van der Waals surface area (Å²) in [6.07, 6.45) is 0. The minimum absolute atomic E-state index is 1.10. The lowest BCUT2D eigenvalue weighted by Gasteiger charge is -2.29. The zero-order valence-corrected chi connectivity index (χ0v) is 59.1. The molecule has 0 aliphatic heterocycles. The van der Waals surface area contributed by atoms with Crippen LogP contribution in [0.5, 0.6) is 0 Å². The van der Waals surface area contributed by atoms with Crippen molar-refractivity contribution >= 4 is 131 Å². The van der Waals surface area contributed by atoms with Crippen molar-refractivity contribution in [3.8, 4) is 55.9 Å². The number of rotatable bonds is 11. The van der Waals surface area contributed by atoms with Crippen LogP contribution in [0.3, 0.4) is 0 Å². The van der Waals surface area contributed by atoms with E-state index in [0.29, 0.717) is 0 Å². The zero-order chi connectivity index (χ0) is 70.0. The van der Waals surface area contributed by atoms with Gasteiger partial charge in [0.1, 0.15) is 0 Å². The van der Waals surface area contributed by atoms with Crippen LogP contribution in [0, 0.1) is 0 Å². The number of fused-ring (bicyclic) bond motifs is 10. The molecule has 4 nitrogen and oxygen atoms in total. The maximum Gasteiger partial charge on any atom is 0.0546 e. The molecule has 0 amide bonds. The fraction of sp³-hybridized carbons (Fsp3) is 0. The Hall–Kier alpha value is -13.3. The zero-order valence-electron chi connectivity index (χ0n) is 57.5.